The van der Waals surface area contributed by atoms with Crippen LogP contribution in [0.4, 0.5) is 11.4 Å². The van der Waals surface area contributed by atoms with Crippen LogP contribution in [-0.2, 0) is 4.79 Å². The molecule has 1 aliphatic rings. The molecule has 0 unspecified atom stereocenters. The molecule has 2 aromatic rings. The Morgan fingerprint density at radius 2 is 1.57 bits per heavy atom. The molecule has 0 spiro atoms. The predicted octanol–water partition coefficient (Wildman–Crippen LogP) is 2.27. The highest BCUT2D eigenvalue weighted by molar-refractivity contribution is 6.05. The minimum Gasteiger partial charge on any atom is -0.494 e. The van der Waals surface area contributed by atoms with E-state index in [4.69, 9.17) is 9.47 Å². The maximum Gasteiger partial charge on any atom is 0.279 e. The van der Waals surface area contributed by atoms with Gasteiger partial charge in [-0.2, -0.15) is 0 Å². The summed E-state index contributed by atoms with van der Waals surface area (Å²) in [6.07, 6.45) is 3.57. The number of rotatable bonds is 7. The Morgan fingerprint density at radius 3 is 2.17 bits per heavy atom. The molecule has 2 aromatic carbocycles. The SMILES string of the molecule is COc1cc(NC(=O)c2cccc(C)c2)c(OC)cc1NC(=O)C[NH+]1CCCCC1. The van der Waals surface area contributed by atoms with Gasteiger partial charge in [0.25, 0.3) is 11.8 Å². The molecule has 0 radical (unpaired) electrons. The minimum absolute atomic E-state index is 0.0659. The molecule has 1 fully saturated rings. The number of piperidine rings is 1. The van der Waals surface area contributed by atoms with Crippen molar-refractivity contribution >= 4 is 23.2 Å². The van der Waals surface area contributed by atoms with Gasteiger partial charge in [0.2, 0.25) is 0 Å². The molecule has 1 aliphatic heterocycles. The molecule has 7 heteroatoms. The van der Waals surface area contributed by atoms with Gasteiger partial charge < -0.3 is 25.0 Å². The van der Waals surface area contributed by atoms with E-state index in [-0.39, 0.29) is 11.8 Å². The number of quaternary nitrogens is 1. The Bertz CT molecular complexity index is 907. The van der Waals surface area contributed by atoms with E-state index in [1.165, 1.54) is 25.5 Å². The largest absolute Gasteiger partial charge is 0.494 e. The summed E-state index contributed by atoms with van der Waals surface area (Å²) in [5, 5.41) is 5.79. The highest BCUT2D eigenvalue weighted by Gasteiger charge is 2.20. The summed E-state index contributed by atoms with van der Waals surface area (Å²) in [5.74, 6) is 0.586. The summed E-state index contributed by atoms with van der Waals surface area (Å²) in [6.45, 7) is 4.41. The van der Waals surface area contributed by atoms with Crippen molar-refractivity contribution < 1.29 is 24.0 Å². The quantitative estimate of drug-likeness (QED) is 0.652. The highest BCUT2D eigenvalue weighted by atomic mass is 16.5. The number of hydrogen-bond donors (Lipinski definition) is 3. The van der Waals surface area contributed by atoms with Gasteiger partial charge in [0.05, 0.1) is 38.7 Å². The highest BCUT2D eigenvalue weighted by Crippen LogP contribution is 2.36. The Morgan fingerprint density at radius 1 is 0.933 bits per heavy atom. The number of nitrogens with one attached hydrogen (secondary N) is 3. The maximum absolute atomic E-state index is 12.6. The first-order valence-electron chi connectivity index (χ1n) is 10.3. The third-order valence-electron chi connectivity index (χ3n) is 5.30. The summed E-state index contributed by atoms with van der Waals surface area (Å²) in [5.41, 5.74) is 2.55. The summed E-state index contributed by atoms with van der Waals surface area (Å²) in [4.78, 5) is 26.5. The van der Waals surface area contributed by atoms with E-state index in [2.05, 4.69) is 10.6 Å². The number of benzene rings is 2. The van der Waals surface area contributed by atoms with Gasteiger partial charge in [-0.1, -0.05) is 17.7 Å². The van der Waals surface area contributed by atoms with Crippen LogP contribution in [0.5, 0.6) is 11.5 Å². The van der Waals surface area contributed by atoms with E-state index in [1.54, 1.807) is 18.2 Å². The van der Waals surface area contributed by atoms with Gasteiger partial charge in [0.15, 0.2) is 6.54 Å². The number of carbonyl (C=O) groups excluding carboxylic acids is 2. The minimum atomic E-state index is -0.246. The molecule has 3 rings (SSSR count). The van der Waals surface area contributed by atoms with E-state index in [1.807, 2.05) is 25.1 Å². The Labute approximate surface area is 177 Å². The van der Waals surface area contributed by atoms with Crippen molar-refractivity contribution in [3.05, 3.63) is 47.5 Å². The molecule has 0 bridgehead atoms. The second kappa shape index (κ2) is 10.1. The van der Waals surface area contributed by atoms with Gasteiger partial charge in [-0.3, -0.25) is 9.59 Å². The first-order chi connectivity index (χ1) is 14.5. The second-order valence-corrected chi connectivity index (χ2v) is 7.61. The van der Waals surface area contributed by atoms with Crippen LogP contribution in [0.2, 0.25) is 0 Å². The van der Waals surface area contributed by atoms with Crippen LogP contribution in [-0.4, -0.2) is 45.7 Å². The molecule has 160 valence electrons. The van der Waals surface area contributed by atoms with E-state index < -0.39 is 0 Å². The third-order valence-corrected chi connectivity index (χ3v) is 5.30. The van der Waals surface area contributed by atoms with E-state index in [9.17, 15) is 9.59 Å². The van der Waals surface area contributed by atoms with Crippen molar-refractivity contribution in [1.82, 2.24) is 0 Å². The van der Waals surface area contributed by atoms with Crippen LogP contribution in [0.15, 0.2) is 36.4 Å². The van der Waals surface area contributed by atoms with Crippen molar-refractivity contribution in [2.75, 3.05) is 44.5 Å². The average molecular weight is 413 g/mol. The fourth-order valence-electron chi connectivity index (χ4n) is 3.72. The number of amides is 2. The lowest BCUT2D eigenvalue weighted by Gasteiger charge is -2.23. The molecule has 1 saturated heterocycles. The molecular formula is C23H30N3O4+. The monoisotopic (exact) mass is 412 g/mol. The van der Waals surface area contributed by atoms with Crippen LogP contribution in [0.1, 0.15) is 35.2 Å². The zero-order valence-electron chi connectivity index (χ0n) is 17.8. The third kappa shape index (κ3) is 5.51. The molecule has 0 aromatic heterocycles. The van der Waals surface area contributed by atoms with Crippen LogP contribution >= 0.6 is 0 Å². The smallest absolute Gasteiger partial charge is 0.279 e. The van der Waals surface area contributed by atoms with Gasteiger partial charge >= 0.3 is 0 Å². The lowest BCUT2D eigenvalue weighted by molar-refractivity contribution is -0.896. The molecule has 0 atom stereocenters. The van der Waals surface area contributed by atoms with Crippen molar-refractivity contribution in [2.24, 2.45) is 0 Å². The standard InChI is InChI=1S/C23H29N3O4/c1-16-8-7-9-17(12-16)23(28)25-19-14-20(29-2)18(13-21(19)30-3)24-22(27)15-26-10-5-4-6-11-26/h7-9,12-14H,4-6,10-11,15H2,1-3H3,(H,24,27)(H,25,28)/p+1. The second-order valence-electron chi connectivity index (χ2n) is 7.61. The van der Waals surface area contributed by atoms with Gasteiger partial charge in [-0.15, -0.1) is 0 Å². The summed E-state index contributed by atoms with van der Waals surface area (Å²) in [7, 11) is 3.05. The number of likely N-dealkylation sites (tertiary alicyclic amines) is 1. The van der Waals surface area contributed by atoms with Crippen molar-refractivity contribution in [1.29, 1.82) is 0 Å². The predicted molar refractivity (Wildman–Crippen MR) is 117 cm³/mol. The fourth-order valence-corrected chi connectivity index (χ4v) is 3.72. The number of carbonyl (C=O) groups is 2. The molecule has 0 saturated carbocycles. The van der Waals surface area contributed by atoms with E-state index in [0.717, 1.165) is 31.5 Å². The summed E-state index contributed by atoms with van der Waals surface area (Å²) in [6, 6.07) is 10.7. The first kappa shape index (κ1) is 21.6. The number of hydrogen-bond acceptors (Lipinski definition) is 4. The van der Waals surface area contributed by atoms with Gasteiger partial charge in [0.1, 0.15) is 11.5 Å². The zero-order valence-corrected chi connectivity index (χ0v) is 17.8. The number of anilines is 2. The lowest BCUT2D eigenvalue weighted by Crippen LogP contribution is -3.13. The Kier molecular flexibility index (Phi) is 7.30. The number of aryl methyl sites for hydroxylation is 1. The topological polar surface area (TPSA) is 81.1 Å². The number of methoxy groups -OCH3 is 2. The molecule has 2 amide bonds. The summed E-state index contributed by atoms with van der Waals surface area (Å²) < 4.78 is 10.9. The van der Waals surface area contributed by atoms with Crippen LogP contribution in [0, 0.1) is 6.92 Å². The lowest BCUT2D eigenvalue weighted by atomic mass is 10.1. The average Bonchev–Trinajstić information content (AvgIpc) is 2.75. The first-order valence-corrected chi connectivity index (χ1v) is 10.3. The molecule has 30 heavy (non-hydrogen) atoms. The molecule has 1 heterocycles. The van der Waals surface area contributed by atoms with Gasteiger partial charge in [-0.05, 0) is 38.3 Å². The van der Waals surface area contributed by atoms with E-state index in [0.29, 0.717) is 35.0 Å². The van der Waals surface area contributed by atoms with Gasteiger partial charge in [0, 0.05) is 17.7 Å². The van der Waals surface area contributed by atoms with Crippen molar-refractivity contribution in [3.8, 4) is 11.5 Å². The molecule has 7 nitrogen and oxygen atoms in total. The normalized spacial score (nSPS) is 14.1. The van der Waals surface area contributed by atoms with Crippen LogP contribution in [0.25, 0.3) is 0 Å². The van der Waals surface area contributed by atoms with Crippen molar-refractivity contribution in [2.45, 2.75) is 26.2 Å². The fraction of sp³-hybridized carbons (Fsp3) is 0.391. The number of ether oxygens (including phenoxy) is 2. The zero-order chi connectivity index (χ0) is 21.5. The van der Waals surface area contributed by atoms with E-state index >= 15 is 0 Å². The van der Waals surface area contributed by atoms with Crippen molar-refractivity contribution in [3.63, 3.8) is 0 Å². The van der Waals surface area contributed by atoms with Crippen LogP contribution < -0.4 is 25.0 Å². The summed E-state index contributed by atoms with van der Waals surface area (Å²) >= 11 is 0. The molecular weight excluding hydrogens is 382 g/mol. The Hall–Kier alpha value is -3.06. The molecule has 0 aliphatic carbocycles. The van der Waals surface area contributed by atoms with Crippen LogP contribution in [0.3, 0.4) is 0 Å². The maximum atomic E-state index is 12.6. The Balaban J connectivity index is 1.76. The molecule has 3 N–H and O–H groups in total. The van der Waals surface area contributed by atoms with Gasteiger partial charge in [-0.25, -0.2) is 0 Å².